The molecule has 1 heterocycles. The number of halogens is 1. The molecule has 0 unspecified atom stereocenters. The molecule has 1 aliphatic heterocycles. The summed E-state index contributed by atoms with van der Waals surface area (Å²) in [5.41, 5.74) is 0.189. The van der Waals surface area contributed by atoms with Gasteiger partial charge in [-0.2, -0.15) is 0 Å². The number of esters is 1. The van der Waals surface area contributed by atoms with E-state index in [2.05, 4.69) is 0 Å². The van der Waals surface area contributed by atoms with Gasteiger partial charge in [0.15, 0.2) is 0 Å². The van der Waals surface area contributed by atoms with Gasteiger partial charge in [-0.1, -0.05) is 37.3 Å². The Labute approximate surface area is 195 Å². The Morgan fingerprint density at radius 3 is 2.33 bits per heavy atom. The number of hydrogen-bond donors (Lipinski definition) is 0. The molecule has 33 heavy (non-hydrogen) atoms. The van der Waals surface area contributed by atoms with Crippen LogP contribution >= 0.6 is 0 Å². The second-order valence-electron chi connectivity index (χ2n) is 9.60. The smallest absolute Gasteiger partial charge is 0.410 e. The molecule has 0 bridgehead atoms. The van der Waals surface area contributed by atoms with Crippen LogP contribution < -0.4 is 0 Å². The highest BCUT2D eigenvalue weighted by molar-refractivity contribution is 5.86. The van der Waals surface area contributed by atoms with Crippen LogP contribution in [0.5, 0.6) is 0 Å². The van der Waals surface area contributed by atoms with Gasteiger partial charge in [0.2, 0.25) is 0 Å². The first-order valence-electron chi connectivity index (χ1n) is 11.3. The third-order valence-electron chi connectivity index (χ3n) is 5.88. The highest BCUT2D eigenvalue weighted by atomic mass is 19.1. The highest BCUT2D eigenvalue weighted by Crippen LogP contribution is 2.31. The van der Waals surface area contributed by atoms with E-state index in [1.54, 1.807) is 27.7 Å². The number of ketones is 1. The summed E-state index contributed by atoms with van der Waals surface area (Å²) in [5, 5.41) is 0. The number of nitrogens with zero attached hydrogens (tertiary/aromatic N) is 1. The van der Waals surface area contributed by atoms with Crippen LogP contribution in [0.4, 0.5) is 9.18 Å². The monoisotopic (exact) mass is 465 g/mol. The largest absolute Gasteiger partial charge is 0.469 e. The molecular formula is C25H36FNO6. The fraction of sp³-hybridized carbons (Fsp3) is 0.640. The number of alkyl halides is 1. The molecule has 0 saturated carbocycles. The van der Waals surface area contributed by atoms with Gasteiger partial charge >= 0.3 is 12.1 Å². The summed E-state index contributed by atoms with van der Waals surface area (Å²) in [6, 6.07) is 8.75. The van der Waals surface area contributed by atoms with Crippen molar-refractivity contribution < 1.29 is 33.0 Å². The van der Waals surface area contributed by atoms with Gasteiger partial charge in [-0.15, -0.1) is 0 Å². The molecule has 8 heteroatoms. The molecule has 0 N–H and O–H groups in total. The van der Waals surface area contributed by atoms with Crippen LogP contribution in [-0.4, -0.2) is 67.4 Å². The number of rotatable bonds is 9. The Bertz CT molecular complexity index is 809. The van der Waals surface area contributed by atoms with Crippen molar-refractivity contribution in [3.63, 3.8) is 0 Å². The number of methoxy groups -OCH3 is 2. The van der Waals surface area contributed by atoms with Gasteiger partial charge in [-0.05, 0) is 32.8 Å². The van der Waals surface area contributed by atoms with Gasteiger partial charge in [0.1, 0.15) is 17.6 Å². The fourth-order valence-corrected chi connectivity index (χ4v) is 4.27. The van der Waals surface area contributed by atoms with Crippen LogP contribution in [0.3, 0.4) is 0 Å². The van der Waals surface area contributed by atoms with Crippen LogP contribution in [0.15, 0.2) is 30.3 Å². The van der Waals surface area contributed by atoms with Crippen molar-refractivity contribution in [2.75, 3.05) is 20.8 Å². The zero-order valence-corrected chi connectivity index (χ0v) is 20.4. The summed E-state index contributed by atoms with van der Waals surface area (Å²) >= 11 is 0. The maximum atomic E-state index is 14.3. The molecule has 1 aromatic rings. The molecule has 7 nitrogen and oxygen atoms in total. The Kier molecular flexibility index (Phi) is 9.40. The lowest BCUT2D eigenvalue weighted by Crippen LogP contribution is -2.49. The van der Waals surface area contributed by atoms with Crippen molar-refractivity contribution in [1.29, 1.82) is 0 Å². The van der Waals surface area contributed by atoms with Crippen LogP contribution in [0.1, 0.15) is 46.1 Å². The van der Waals surface area contributed by atoms with E-state index in [4.69, 9.17) is 14.2 Å². The Hall–Kier alpha value is -2.48. The fourth-order valence-electron chi connectivity index (χ4n) is 4.27. The van der Waals surface area contributed by atoms with E-state index < -0.39 is 47.8 Å². The van der Waals surface area contributed by atoms with Crippen molar-refractivity contribution in [3.05, 3.63) is 35.9 Å². The third-order valence-corrected chi connectivity index (χ3v) is 5.88. The Morgan fingerprint density at radius 1 is 1.15 bits per heavy atom. The van der Waals surface area contributed by atoms with E-state index in [9.17, 15) is 18.8 Å². The second kappa shape index (κ2) is 11.6. The summed E-state index contributed by atoms with van der Waals surface area (Å²) in [6.07, 6.45) is -2.22. The molecule has 1 fully saturated rings. The number of carbonyl (C=O) groups is 3. The van der Waals surface area contributed by atoms with Gasteiger partial charge in [0, 0.05) is 25.9 Å². The van der Waals surface area contributed by atoms with Crippen molar-refractivity contribution in [3.8, 4) is 0 Å². The second-order valence-corrected chi connectivity index (χ2v) is 9.60. The molecule has 0 aromatic heterocycles. The number of likely N-dealkylation sites (tertiary alicyclic amines) is 1. The number of benzene rings is 1. The summed E-state index contributed by atoms with van der Waals surface area (Å²) in [4.78, 5) is 39.5. The van der Waals surface area contributed by atoms with E-state index in [0.717, 1.165) is 5.56 Å². The molecule has 184 valence electrons. The van der Waals surface area contributed by atoms with E-state index in [-0.39, 0.29) is 25.2 Å². The van der Waals surface area contributed by atoms with Crippen LogP contribution in [0.2, 0.25) is 0 Å². The molecule has 1 saturated heterocycles. The third kappa shape index (κ3) is 7.52. The molecule has 0 spiro atoms. The van der Waals surface area contributed by atoms with Crippen molar-refractivity contribution in [2.24, 2.45) is 11.8 Å². The maximum absolute atomic E-state index is 14.3. The molecule has 0 aliphatic carbocycles. The normalized spacial score (nSPS) is 21.2. The van der Waals surface area contributed by atoms with Gasteiger partial charge in [-0.3, -0.25) is 14.5 Å². The minimum Gasteiger partial charge on any atom is -0.469 e. The lowest BCUT2D eigenvalue weighted by Gasteiger charge is -2.34. The predicted molar refractivity (Wildman–Crippen MR) is 121 cm³/mol. The highest BCUT2D eigenvalue weighted by Gasteiger charge is 2.45. The molecule has 1 amide bonds. The first kappa shape index (κ1) is 26.8. The number of ether oxygens (including phenoxy) is 3. The van der Waals surface area contributed by atoms with E-state index in [1.165, 1.54) is 19.1 Å². The van der Waals surface area contributed by atoms with E-state index in [0.29, 0.717) is 6.42 Å². The topological polar surface area (TPSA) is 82.1 Å². The van der Waals surface area contributed by atoms with Crippen molar-refractivity contribution in [2.45, 2.75) is 70.9 Å². The minimum absolute atomic E-state index is 0.0409. The average Bonchev–Trinajstić information content (AvgIpc) is 3.14. The van der Waals surface area contributed by atoms with Crippen molar-refractivity contribution in [1.82, 2.24) is 4.90 Å². The van der Waals surface area contributed by atoms with Crippen LogP contribution in [0.25, 0.3) is 0 Å². The summed E-state index contributed by atoms with van der Waals surface area (Å²) in [7, 11) is 2.74. The molecule has 5 atom stereocenters. The zero-order chi connectivity index (χ0) is 24.8. The first-order valence-corrected chi connectivity index (χ1v) is 11.3. The Morgan fingerprint density at radius 2 is 1.79 bits per heavy atom. The standard InChI is InChI=1S/C25H36FNO6/c1-16(21(28)13-18(23(29)32-6)12-17-10-8-7-9-11-17)22(31-5)20-14-19(26)15-27(20)24(30)33-25(2,3)4/h7-11,16,18-20,22H,12-15H2,1-6H3/t16-,18+,19-,20-,22+/m0/s1. The van der Waals surface area contributed by atoms with Crippen molar-refractivity contribution >= 4 is 17.8 Å². The quantitative estimate of drug-likeness (QED) is 0.513. The molecule has 1 aromatic carbocycles. The number of hydrogen-bond acceptors (Lipinski definition) is 6. The maximum Gasteiger partial charge on any atom is 0.410 e. The molecular weight excluding hydrogens is 429 g/mol. The predicted octanol–water partition coefficient (Wildman–Crippen LogP) is 3.98. The SMILES string of the molecule is COC(=O)[C@@H](CC(=O)[C@H](C)[C@@H](OC)[C@@H]1C[C@H](F)CN1C(=O)OC(C)(C)C)Cc1ccccc1. The van der Waals surface area contributed by atoms with E-state index >= 15 is 0 Å². The molecule has 0 radical (unpaired) electrons. The van der Waals surface area contributed by atoms with E-state index in [1.807, 2.05) is 30.3 Å². The molecule has 2 rings (SSSR count). The molecule has 1 aliphatic rings. The zero-order valence-electron chi connectivity index (χ0n) is 20.4. The van der Waals surface area contributed by atoms with Gasteiger partial charge < -0.3 is 14.2 Å². The number of amides is 1. The Balaban J connectivity index is 2.15. The summed E-state index contributed by atoms with van der Waals surface area (Å²) < 4.78 is 30.3. The van der Waals surface area contributed by atoms with Gasteiger partial charge in [0.25, 0.3) is 0 Å². The lowest BCUT2D eigenvalue weighted by atomic mass is 9.85. The van der Waals surface area contributed by atoms with Crippen LogP contribution in [-0.2, 0) is 30.2 Å². The summed E-state index contributed by atoms with van der Waals surface area (Å²) in [5.74, 6) is -1.99. The lowest BCUT2D eigenvalue weighted by molar-refractivity contribution is -0.148. The first-order chi connectivity index (χ1) is 15.5. The summed E-state index contributed by atoms with van der Waals surface area (Å²) in [6.45, 7) is 6.79. The van der Waals surface area contributed by atoms with Gasteiger partial charge in [0.05, 0.1) is 31.7 Å². The van der Waals surface area contributed by atoms with Crippen LogP contribution in [0, 0.1) is 11.8 Å². The minimum atomic E-state index is -1.23. The number of carbonyl (C=O) groups excluding carboxylic acids is 3. The average molecular weight is 466 g/mol. The van der Waals surface area contributed by atoms with Gasteiger partial charge in [-0.25, -0.2) is 9.18 Å². The number of Topliss-reactive ketones (excluding diaryl/α,β-unsaturated/α-hetero) is 1.